The summed E-state index contributed by atoms with van der Waals surface area (Å²) in [6.07, 6.45) is 6.92. The Hall–Kier alpha value is -2.93. The molecule has 140 valence electrons. The molecule has 7 nitrogen and oxygen atoms in total. The lowest BCUT2D eigenvalue weighted by molar-refractivity contribution is 0.0601. The summed E-state index contributed by atoms with van der Waals surface area (Å²) in [7, 11) is 1.38. The molecule has 4 rings (SSSR count). The van der Waals surface area contributed by atoms with Crippen LogP contribution >= 0.6 is 0 Å². The maximum Gasteiger partial charge on any atom is 0.337 e. The van der Waals surface area contributed by atoms with Gasteiger partial charge in [0.25, 0.3) is 0 Å². The van der Waals surface area contributed by atoms with Crippen molar-refractivity contribution in [3.05, 3.63) is 48.3 Å². The number of nitrogens with one attached hydrogen (secondary N) is 1. The highest BCUT2D eigenvalue weighted by Gasteiger charge is 2.20. The smallest absolute Gasteiger partial charge is 0.337 e. The highest BCUT2D eigenvalue weighted by Crippen LogP contribution is 2.23. The van der Waals surface area contributed by atoms with Crippen LogP contribution in [0.25, 0.3) is 16.7 Å². The Morgan fingerprint density at radius 1 is 1.22 bits per heavy atom. The summed E-state index contributed by atoms with van der Waals surface area (Å²) in [5, 5.41) is 14.0. The van der Waals surface area contributed by atoms with Crippen LogP contribution in [0.4, 0.5) is 5.95 Å². The number of aromatic nitrogens is 3. The number of fused-ring (bicyclic) bond motifs is 1. The molecule has 7 heteroatoms. The number of hydrogen-bond acceptors (Lipinski definition) is 6. The number of esters is 1. The summed E-state index contributed by atoms with van der Waals surface area (Å²) in [5.41, 5.74) is 1.47. The number of hydrogen-bond donors (Lipinski definition) is 2. The van der Waals surface area contributed by atoms with E-state index in [9.17, 15) is 9.90 Å². The molecular formula is C20H22N4O3. The van der Waals surface area contributed by atoms with E-state index in [4.69, 9.17) is 4.74 Å². The van der Waals surface area contributed by atoms with Gasteiger partial charge in [-0.15, -0.1) is 0 Å². The number of anilines is 1. The third kappa shape index (κ3) is 3.64. The minimum Gasteiger partial charge on any atom is -0.465 e. The zero-order valence-corrected chi connectivity index (χ0v) is 15.1. The molecular weight excluding hydrogens is 344 g/mol. The first-order valence-corrected chi connectivity index (χ1v) is 9.11. The van der Waals surface area contributed by atoms with E-state index in [2.05, 4.69) is 15.3 Å². The zero-order chi connectivity index (χ0) is 18.8. The van der Waals surface area contributed by atoms with E-state index < -0.39 is 0 Å². The molecule has 0 atom stereocenters. The molecule has 2 heterocycles. The zero-order valence-electron chi connectivity index (χ0n) is 15.1. The van der Waals surface area contributed by atoms with Crippen molar-refractivity contribution in [1.29, 1.82) is 0 Å². The van der Waals surface area contributed by atoms with Gasteiger partial charge < -0.3 is 19.7 Å². The van der Waals surface area contributed by atoms with E-state index in [-0.39, 0.29) is 18.1 Å². The molecule has 2 aromatic heterocycles. The van der Waals surface area contributed by atoms with E-state index in [1.165, 1.54) is 7.11 Å². The van der Waals surface area contributed by atoms with Gasteiger partial charge in [0.15, 0.2) is 0 Å². The van der Waals surface area contributed by atoms with Crippen molar-refractivity contribution in [2.75, 3.05) is 12.4 Å². The largest absolute Gasteiger partial charge is 0.465 e. The van der Waals surface area contributed by atoms with Crippen molar-refractivity contribution in [3.63, 3.8) is 0 Å². The maximum atomic E-state index is 11.7. The lowest BCUT2D eigenvalue weighted by atomic mass is 9.93. The Morgan fingerprint density at radius 3 is 2.81 bits per heavy atom. The third-order valence-corrected chi connectivity index (χ3v) is 5.03. The highest BCUT2D eigenvalue weighted by atomic mass is 16.5. The first kappa shape index (κ1) is 17.5. The van der Waals surface area contributed by atoms with Gasteiger partial charge in [0.05, 0.1) is 24.3 Å². The lowest BCUT2D eigenvalue weighted by Crippen LogP contribution is -2.29. The Balaban J connectivity index is 1.59. The number of ether oxygens (including phenoxy) is 1. The van der Waals surface area contributed by atoms with Gasteiger partial charge in [0.2, 0.25) is 5.95 Å². The Morgan fingerprint density at radius 2 is 2.04 bits per heavy atom. The van der Waals surface area contributed by atoms with Crippen molar-refractivity contribution in [3.8, 4) is 5.82 Å². The van der Waals surface area contributed by atoms with E-state index in [1.54, 1.807) is 12.3 Å². The summed E-state index contributed by atoms with van der Waals surface area (Å²) in [6, 6.07) is 9.53. The van der Waals surface area contributed by atoms with Crippen molar-refractivity contribution in [2.24, 2.45) is 0 Å². The number of rotatable bonds is 4. The van der Waals surface area contributed by atoms with Crippen molar-refractivity contribution < 1.29 is 14.6 Å². The standard InChI is InChI=1S/C20H22N4O3/c1-27-19(26)14-2-7-17-13(12-14)9-11-24(17)18-8-10-21-20(23-18)22-15-3-5-16(25)6-4-15/h2,7-12,15-16,25H,3-6H2,1H3,(H,21,22,23). The van der Waals surface area contributed by atoms with Crippen molar-refractivity contribution in [1.82, 2.24) is 14.5 Å². The average Bonchev–Trinajstić information content (AvgIpc) is 3.12. The molecule has 1 aromatic carbocycles. The van der Waals surface area contributed by atoms with Gasteiger partial charge in [0.1, 0.15) is 5.82 Å². The quantitative estimate of drug-likeness (QED) is 0.690. The van der Waals surface area contributed by atoms with Crippen LogP contribution in [-0.2, 0) is 4.74 Å². The van der Waals surface area contributed by atoms with Crippen LogP contribution in [-0.4, -0.2) is 44.9 Å². The second-order valence-corrected chi connectivity index (χ2v) is 6.84. The van der Waals surface area contributed by atoms with Crippen LogP contribution in [0.1, 0.15) is 36.0 Å². The van der Waals surface area contributed by atoms with Gasteiger partial charge in [-0.2, -0.15) is 4.98 Å². The Labute approximate surface area is 157 Å². The van der Waals surface area contributed by atoms with E-state index in [1.807, 2.05) is 35.0 Å². The molecule has 1 aliphatic rings. The van der Waals surface area contributed by atoms with E-state index >= 15 is 0 Å². The topological polar surface area (TPSA) is 89.3 Å². The Bertz CT molecular complexity index is 961. The van der Waals surface area contributed by atoms with Gasteiger partial charge in [-0.05, 0) is 56.0 Å². The maximum absolute atomic E-state index is 11.7. The summed E-state index contributed by atoms with van der Waals surface area (Å²) in [6.45, 7) is 0. The number of carbonyl (C=O) groups excluding carboxylic acids is 1. The summed E-state index contributed by atoms with van der Waals surface area (Å²) >= 11 is 0. The fraction of sp³-hybridized carbons (Fsp3) is 0.350. The van der Waals surface area contributed by atoms with Gasteiger partial charge >= 0.3 is 5.97 Å². The molecule has 2 N–H and O–H groups in total. The van der Waals surface area contributed by atoms with E-state index in [0.717, 1.165) is 42.4 Å². The molecule has 0 saturated heterocycles. The minimum atomic E-state index is -0.351. The third-order valence-electron chi connectivity index (χ3n) is 5.03. The fourth-order valence-electron chi connectivity index (χ4n) is 3.54. The average molecular weight is 366 g/mol. The lowest BCUT2D eigenvalue weighted by Gasteiger charge is -2.26. The van der Waals surface area contributed by atoms with E-state index in [0.29, 0.717) is 11.5 Å². The second kappa shape index (κ2) is 7.36. The molecule has 0 unspecified atom stereocenters. The second-order valence-electron chi connectivity index (χ2n) is 6.84. The molecule has 0 aliphatic heterocycles. The number of carbonyl (C=O) groups is 1. The molecule has 0 bridgehead atoms. The predicted molar refractivity (Wildman–Crippen MR) is 102 cm³/mol. The molecule has 1 saturated carbocycles. The first-order valence-electron chi connectivity index (χ1n) is 9.11. The summed E-state index contributed by atoms with van der Waals surface area (Å²) in [4.78, 5) is 20.7. The molecule has 1 aliphatic carbocycles. The van der Waals surface area contributed by atoms with Crippen LogP contribution in [0.5, 0.6) is 0 Å². The van der Waals surface area contributed by atoms with Gasteiger partial charge in [-0.25, -0.2) is 9.78 Å². The molecule has 27 heavy (non-hydrogen) atoms. The van der Waals surface area contributed by atoms with Gasteiger partial charge in [0, 0.05) is 23.8 Å². The molecule has 0 amide bonds. The van der Waals surface area contributed by atoms with Crippen LogP contribution < -0.4 is 5.32 Å². The van der Waals surface area contributed by atoms with Crippen LogP contribution in [0.3, 0.4) is 0 Å². The van der Waals surface area contributed by atoms with Crippen LogP contribution in [0.2, 0.25) is 0 Å². The number of benzene rings is 1. The van der Waals surface area contributed by atoms with Gasteiger partial charge in [-0.1, -0.05) is 0 Å². The Kier molecular flexibility index (Phi) is 4.77. The summed E-state index contributed by atoms with van der Waals surface area (Å²) < 4.78 is 6.75. The summed E-state index contributed by atoms with van der Waals surface area (Å²) in [5.74, 6) is 0.988. The normalized spacial score (nSPS) is 19.8. The number of methoxy groups -OCH3 is 1. The highest BCUT2D eigenvalue weighted by molar-refractivity contribution is 5.95. The predicted octanol–water partition coefficient (Wildman–Crippen LogP) is 2.92. The number of aliphatic hydroxyl groups excluding tert-OH is 1. The SMILES string of the molecule is COC(=O)c1ccc2c(ccn2-c2ccnc(NC3CCC(O)CC3)n2)c1. The van der Waals surface area contributed by atoms with Crippen molar-refractivity contribution >= 4 is 22.8 Å². The first-order chi connectivity index (χ1) is 13.1. The molecule has 3 aromatic rings. The number of aliphatic hydroxyl groups is 1. The minimum absolute atomic E-state index is 0.184. The fourth-order valence-corrected chi connectivity index (χ4v) is 3.54. The van der Waals surface area contributed by atoms with Gasteiger partial charge in [-0.3, -0.25) is 0 Å². The van der Waals surface area contributed by atoms with Crippen molar-refractivity contribution in [2.45, 2.75) is 37.8 Å². The van der Waals surface area contributed by atoms with Crippen LogP contribution in [0, 0.1) is 0 Å². The van der Waals surface area contributed by atoms with Crippen LogP contribution in [0.15, 0.2) is 42.7 Å². The molecule has 0 radical (unpaired) electrons. The molecule has 1 fully saturated rings. The monoisotopic (exact) mass is 366 g/mol. The number of nitrogens with zero attached hydrogens (tertiary/aromatic N) is 3. The molecule has 0 spiro atoms.